The Morgan fingerprint density at radius 3 is 2.64 bits per heavy atom. The van der Waals surface area contributed by atoms with Crippen LogP contribution >= 0.6 is 23.1 Å². The summed E-state index contributed by atoms with van der Waals surface area (Å²) in [5.41, 5.74) is 2.62. The molecule has 1 aliphatic rings. The van der Waals surface area contributed by atoms with Crippen LogP contribution in [0.25, 0.3) is 0 Å². The molecule has 2 heterocycles. The highest BCUT2D eigenvalue weighted by Crippen LogP contribution is 2.42. The average molecular weight is 491 g/mol. The third kappa shape index (κ3) is 5.31. The van der Waals surface area contributed by atoms with Gasteiger partial charge in [0.25, 0.3) is 5.76 Å². The number of thiophene rings is 1. The second-order valence-electron chi connectivity index (χ2n) is 7.47. The van der Waals surface area contributed by atoms with E-state index in [4.69, 9.17) is 9.47 Å². The summed E-state index contributed by atoms with van der Waals surface area (Å²) in [6.45, 7) is 0.802. The van der Waals surface area contributed by atoms with Gasteiger partial charge >= 0.3 is 0 Å². The van der Waals surface area contributed by atoms with Crippen LogP contribution in [0.3, 0.4) is 0 Å². The largest absolute Gasteiger partial charge is 0.493 e. The number of thioether (sulfide) groups is 1. The molecule has 1 aliphatic heterocycles. The van der Waals surface area contributed by atoms with E-state index in [9.17, 15) is 13.6 Å². The number of amides is 1. The molecule has 9 heteroatoms. The highest BCUT2D eigenvalue weighted by molar-refractivity contribution is 7.99. The lowest BCUT2D eigenvalue weighted by atomic mass is 9.91. The number of methoxy groups -OCH3 is 2. The van der Waals surface area contributed by atoms with E-state index in [2.05, 4.69) is 16.3 Å². The molecule has 174 valence electrons. The minimum Gasteiger partial charge on any atom is -0.493 e. The Morgan fingerprint density at radius 2 is 1.94 bits per heavy atom. The Balaban J connectivity index is 1.60. The molecule has 3 aromatic rings. The molecule has 0 saturated carbocycles. The molecule has 1 unspecified atom stereocenters. The van der Waals surface area contributed by atoms with Crippen molar-refractivity contribution in [3.63, 3.8) is 0 Å². The monoisotopic (exact) mass is 490 g/mol. The highest BCUT2D eigenvalue weighted by Gasteiger charge is 2.32. The molecule has 0 aliphatic carbocycles. The highest BCUT2D eigenvalue weighted by atomic mass is 32.2. The molecule has 1 N–H and O–H groups in total. The fourth-order valence-corrected chi connectivity index (χ4v) is 5.56. The number of nitrogens with zero attached hydrogens (tertiary/aromatic N) is 1. The number of hydrogen-bond donors (Lipinski definition) is 1. The van der Waals surface area contributed by atoms with E-state index in [1.165, 1.54) is 0 Å². The van der Waals surface area contributed by atoms with Crippen molar-refractivity contribution < 1.29 is 23.0 Å². The van der Waals surface area contributed by atoms with Crippen molar-refractivity contribution in [1.29, 1.82) is 0 Å². The SMILES string of the molecule is COc1cc2c(cc1OC)C(c1cccs1)N(CC(=O)Nc1ccccc1SC(F)F)CC2. The number of fused-ring (bicyclic) bond motifs is 1. The number of anilines is 1. The summed E-state index contributed by atoms with van der Waals surface area (Å²) in [5.74, 6) is -1.48. The number of nitrogens with one attached hydrogen (secondary N) is 1. The maximum absolute atomic E-state index is 13.0. The Hall–Kier alpha value is -2.62. The number of benzene rings is 2. The van der Waals surface area contributed by atoms with Gasteiger partial charge < -0.3 is 14.8 Å². The maximum atomic E-state index is 13.0. The molecular weight excluding hydrogens is 466 g/mol. The Labute approximate surface area is 199 Å². The van der Waals surface area contributed by atoms with Crippen LogP contribution in [0.15, 0.2) is 58.8 Å². The molecule has 33 heavy (non-hydrogen) atoms. The summed E-state index contributed by atoms with van der Waals surface area (Å²) in [6, 6.07) is 14.5. The van der Waals surface area contributed by atoms with Crippen molar-refractivity contribution in [2.24, 2.45) is 0 Å². The van der Waals surface area contributed by atoms with Crippen LogP contribution in [-0.2, 0) is 11.2 Å². The number of rotatable bonds is 8. The standard InChI is InChI=1S/C24H24F2N2O3S2/c1-30-18-12-15-9-10-28(23(21-8-5-11-32-21)16(15)13-19(18)31-2)14-22(29)27-17-6-3-4-7-20(17)33-24(25)26/h3-8,11-13,23-24H,9-10,14H2,1-2H3,(H,27,29). The van der Waals surface area contributed by atoms with E-state index in [0.29, 0.717) is 40.4 Å². The number of ether oxygens (including phenoxy) is 2. The molecule has 1 aromatic heterocycles. The van der Waals surface area contributed by atoms with Crippen LogP contribution in [-0.4, -0.2) is 43.9 Å². The lowest BCUT2D eigenvalue weighted by Crippen LogP contribution is -2.41. The van der Waals surface area contributed by atoms with Crippen LogP contribution < -0.4 is 14.8 Å². The smallest absolute Gasteiger partial charge is 0.288 e. The van der Waals surface area contributed by atoms with E-state index >= 15 is 0 Å². The van der Waals surface area contributed by atoms with Crippen LogP contribution in [0.1, 0.15) is 22.0 Å². The van der Waals surface area contributed by atoms with Crippen molar-refractivity contribution in [2.75, 3.05) is 32.6 Å². The van der Waals surface area contributed by atoms with Crippen molar-refractivity contribution in [3.8, 4) is 11.5 Å². The second-order valence-corrected chi connectivity index (χ2v) is 9.48. The molecule has 0 spiro atoms. The summed E-state index contributed by atoms with van der Waals surface area (Å²) in [5, 5.41) is 4.83. The number of halogens is 2. The number of carbonyl (C=O) groups excluding carboxylic acids is 1. The third-order valence-electron chi connectivity index (χ3n) is 5.51. The van der Waals surface area contributed by atoms with Crippen molar-refractivity contribution in [3.05, 3.63) is 69.9 Å². The first-order valence-corrected chi connectivity index (χ1v) is 12.1. The van der Waals surface area contributed by atoms with Gasteiger partial charge in [-0.1, -0.05) is 30.0 Å². The lowest BCUT2D eigenvalue weighted by molar-refractivity contribution is -0.117. The van der Waals surface area contributed by atoms with E-state index in [1.807, 2.05) is 23.6 Å². The van der Waals surface area contributed by atoms with Gasteiger partial charge in [-0.15, -0.1) is 11.3 Å². The van der Waals surface area contributed by atoms with Gasteiger partial charge in [0.05, 0.1) is 32.5 Å². The zero-order valence-corrected chi connectivity index (χ0v) is 19.8. The van der Waals surface area contributed by atoms with E-state index < -0.39 is 5.76 Å². The fraction of sp³-hybridized carbons (Fsp3) is 0.292. The zero-order chi connectivity index (χ0) is 23.4. The molecule has 0 radical (unpaired) electrons. The lowest BCUT2D eigenvalue weighted by Gasteiger charge is -2.37. The fourth-order valence-electron chi connectivity index (χ4n) is 4.09. The summed E-state index contributed by atoms with van der Waals surface area (Å²) < 4.78 is 36.8. The first-order chi connectivity index (χ1) is 16.0. The first kappa shape index (κ1) is 23.5. The quantitative estimate of drug-likeness (QED) is 0.413. The van der Waals surface area contributed by atoms with Crippen molar-refractivity contribution >= 4 is 34.7 Å². The van der Waals surface area contributed by atoms with Gasteiger partial charge in [0.2, 0.25) is 5.91 Å². The molecule has 5 nitrogen and oxygen atoms in total. The van der Waals surface area contributed by atoms with Gasteiger partial charge in [0, 0.05) is 16.3 Å². The summed E-state index contributed by atoms with van der Waals surface area (Å²) in [6.07, 6.45) is 0.753. The molecule has 4 rings (SSSR count). The molecule has 1 atom stereocenters. The minimum absolute atomic E-state index is 0.120. The van der Waals surface area contributed by atoms with Gasteiger partial charge in [0.15, 0.2) is 11.5 Å². The van der Waals surface area contributed by atoms with Crippen molar-refractivity contribution in [1.82, 2.24) is 4.90 Å². The maximum Gasteiger partial charge on any atom is 0.288 e. The molecular formula is C24H24F2N2O3S2. The Bertz CT molecular complexity index is 1110. The second kappa shape index (κ2) is 10.5. The summed E-state index contributed by atoms with van der Waals surface area (Å²) in [7, 11) is 3.22. The Morgan fingerprint density at radius 1 is 1.18 bits per heavy atom. The van der Waals surface area contributed by atoms with E-state index in [-0.39, 0.29) is 18.5 Å². The average Bonchev–Trinajstić information content (AvgIpc) is 3.33. The van der Waals surface area contributed by atoms with E-state index in [0.717, 1.165) is 22.4 Å². The van der Waals surface area contributed by atoms with Gasteiger partial charge in [-0.2, -0.15) is 8.78 Å². The summed E-state index contributed by atoms with van der Waals surface area (Å²) in [4.78, 5) is 16.5. The van der Waals surface area contributed by atoms with Gasteiger partial charge in [-0.05, 0) is 53.3 Å². The molecule has 2 aromatic carbocycles. The van der Waals surface area contributed by atoms with Crippen molar-refractivity contribution in [2.45, 2.75) is 23.1 Å². The first-order valence-electron chi connectivity index (χ1n) is 10.4. The predicted molar refractivity (Wildman–Crippen MR) is 128 cm³/mol. The zero-order valence-electron chi connectivity index (χ0n) is 18.2. The molecule has 0 saturated heterocycles. The Kier molecular flexibility index (Phi) is 7.52. The topological polar surface area (TPSA) is 50.8 Å². The van der Waals surface area contributed by atoms with Crippen LogP contribution in [0, 0.1) is 0 Å². The minimum atomic E-state index is -2.56. The molecule has 0 fully saturated rings. The molecule has 0 bridgehead atoms. The predicted octanol–water partition coefficient (Wildman–Crippen LogP) is 5.67. The molecule has 1 amide bonds. The van der Waals surface area contributed by atoms with Crippen LogP contribution in [0.2, 0.25) is 0 Å². The van der Waals surface area contributed by atoms with Gasteiger partial charge in [-0.25, -0.2) is 0 Å². The number of hydrogen-bond acceptors (Lipinski definition) is 6. The normalized spacial score (nSPS) is 15.8. The van der Waals surface area contributed by atoms with Gasteiger partial charge in [-0.3, -0.25) is 9.69 Å². The van der Waals surface area contributed by atoms with E-state index in [1.54, 1.807) is 49.8 Å². The van der Waals surface area contributed by atoms with Gasteiger partial charge in [0.1, 0.15) is 0 Å². The number of para-hydroxylation sites is 1. The number of alkyl halides is 2. The third-order valence-corrected chi connectivity index (χ3v) is 7.22. The number of carbonyl (C=O) groups is 1. The summed E-state index contributed by atoms with van der Waals surface area (Å²) >= 11 is 2.05. The van der Waals surface area contributed by atoms with Crippen LogP contribution in [0.5, 0.6) is 11.5 Å². The van der Waals surface area contributed by atoms with Crippen LogP contribution in [0.4, 0.5) is 14.5 Å².